The molecule has 1 unspecified atom stereocenters. The maximum Gasteiger partial charge on any atom is 0.490 e. The second-order valence-electron chi connectivity index (χ2n) is 8.16. The smallest absolute Gasteiger partial charge is 0.487 e. The van der Waals surface area contributed by atoms with Gasteiger partial charge in [0.25, 0.3) is 5.91 Å². The number of para-hydroxylation sites is 1. The molecule has 1 spiro atoms. The number of aromatic nitrogens is 2. The van der Waals surface area contributed by atoms with E-state index in [1.54, 1.807) is 13.3 Å². The Balaban J connectivity index is 0.000000406. The van der Waals surface area contributed by atoms with Gasteiger partial charge in [-0.25, -0.2) is 9.78 Å². The Hall–Kier alpha value is -3.12. The zero-order chi connectivity index (χ0) is 24.8. The van der Waals surface area contributed by atoms with E-state index < -0.39 is 12.1 Å². The van der Waals surface area contributed by atoms with Gasteiger partial charge in [-0.1, -0.05) is 18.2 Å². The van der Waals surface area contributed by atoms with Gasteiger partial charge in [-0.05, 0) is 18.9 Å². The van der Waals surface area contributed by atoms with Crippen LogP contribution < -0.4 is 10.1 Å². The van der Waals surface area contributed by atoms with E-state index in [1.807, 2.05) is 24.3 Å². The average Bonchev–Trinajstić information content (AvgIpc) is 3.34. The van der Waals surface area contributed by atoms with E-state index in [9.17, 15) is 18.0 Å². The Morgan fingerprint density at radius 2 is 2.00 bits per heavy atom. The average molecular weight is 484 g/mol. The van der Waals surface area contributed by atoms with Crippen molar-refractivity contribution < 1.29 is 37.3 Å². The van der Waals surface area contributed by atoms with E-state index in [1.165, 1.54) is 6.33 Å². The zero-order valence-corrected chi connectivity index (χ0v) is 18.6. The van der Waals surface area contributed by atoms with Crippen molar-refractivity contribution in [2.24, 2.45) is 0 Å². The largest absolute Gasteiger partial charge is 0.490 e. The Morgan fingerprint density at radius 3 is 2.59 bits per heavy atom. The van der Waals surface area contributed by atoms with Crippen molar-refractivity contribution >= 4 is 11.9 Å². The summed E-state index contributed by atoms with van der Waals surface area (Å²) in [7, 11) is 1.74. The Morgan fingerprint density at radius 1 is 1.32 bits per heavy atom. The van der Waals surface area contributed by atoms with Crippen LogP contribution in [0, 0.1) is 0 Å². The molecule has 3 heterocycles. The first-order valence-corrected chi connectivity index (χ1v) is 10.7. The molecule has 1 amide bonds. The molecule has 2 aliphatic heterocycles. The highest BCUT2D eigenvalue weighted by atomic mass is 19.4. The third-order valence-corrected chi connectivity index (χ3v) is 5.87. The number of hydrogen-bond donors (Lipinski definition) is 3. The first-order valence-electron chi connectivity index (χ1n) is 10.7. The fourth-order valence-corrected chi connectivity index (χ4v) is 4.07. The third-order valence-electron chi connectivity index (χ3n) is 5.87. The number of hydrogen-bond acceptors (Lipinski definition) is 6. The summed E-state index contributed by atoms with van der Waals surface area (Å²) in [4.78, 5) is 30.7. The Bertz CT molecular complexity index is 960. The number of nitrogens with one attached hydrogen (secondary N) is 2. The van der Waals surface area contributed by atoms with Crippen LogP contribution in [-0.4, -0.2) is 77.0 Å². The summed E-state index contributed by atoms with van der Waals surface area (Å²) in [6, 6.07) is 7.94. The van der Waals surface area contributed by atoms with Gasteiger partial charge in [0.15, 0.2) is 0 Å². The van der Waals surface area contributed by atoms with Gasteiger partial charge in [0.1, 0.15) is 17.0 Å². The topological polar surface area (TPSA) is 117 Å². The Kier molecular flexibility index (Phi) is 8.15. The number of aromatic amines is 1. The molecule has 9 nitrogen and oxygen atoms in total. The number of rotatable bonds is 5. The van der Waals surface area contributed by atoms with Gasteiger partial charge < -0.3 is 29.8 Å². The van der Waals surface area contributed by atoms with Crippen molar-refractivity contribution in [3.05, 3.63) is 48.0 Å². The van der Waals surface area contributed by atoms with Gasteiger partial charge in [0.2, 0.25) is 0 Å². The lowest BCUT2D eigenvalue weighted by Crippen LogP contribution is -2.52. The highest BCUT2D eigenvalue weighted by Crippen LogP contribution is 2.44. The van der Waals surface area contributed by atoms with Crippen molar-refractivity contribution in [3.63, 3.8) is 0 Å². The molecule has 1 atom stereocenters. The molecule has 2 aliphatic rings. The third kappa shape index (κ3) is 6.48. The van der Waals surface area contributed by atoms with Gasteiger partial charge in [-0.3, -0.25) is 4.79 Å². The lowest BCUT2D eigenvalue weighted by atomic mass is 9.80. The van der Waals surface area contributed by atoms with Crippen LogP contribution in [-0.2, 0) is 9.53 Å². The molecule has 4 rings (SSSR count). The number of H-pyrrole nitrogens is 1. The number of methoxy groups -OCH3 is 1. The maximum absolute atomic E-state index is 12.6. The van der Waals surface area contributed by atoms with Gasteiger partial charge in [0.05, 0.1) is 25.2 Å². The number of piperidine rings is 1. The molecule has 3 N–H and O–H groups in total. The van der Waals surface area contributed by atoms with Crippen LogP contribution in [0.25, 0.3) is 0 Å². The van der Waals surface area contributed by atoms with Crippen LogP contribution in [0.15, 0.2) is 36.8 Å². The number of carboxylic acids is 1. The van der Waals surface area contributed by atoms with Crippen LogP contribution in [0.4, 0.5) is 13.2 Å². The number of benzene rings is 1. The van der Waals surface area contributed by atoms with Gasteiger partial charge in [-0.15, -0.1) is 0 Å². The number of halogens is 3. The molecule has 1 aromatic carbocycles. The SMILES string of the molecule is COCCN1CCC2(CC1)CC(NC(=O)c1cnc[nH]1)c1ccccc1O2.O=C(O)C(F)(F)F. The molecule has 0 aliphatic carbocycles. The summed E-state index contributed by atoms with van der Waals surface area (Å²) >= 11 is 0. The molecule has 2 aromatic rings. The molecule has 1 aromatic heterocycles. The first-order chi connectivity index (χ1) is 16.1. The highest BCUT2D eigenvalue weighted by Gasteiger charge is 2.43. The molecule has 0 saturated carbocycles. The molecular formula is C22H27F3N4O5. The fraction of sp³-hybridized carbons (Fsp3) is 0.500. The van der Waals surface area contributed by atoms with E-state index >= 15 is 0 Å². The van der Waals surface area contributed by atoms with Crippen LogP contribution >= 0.6 is 0 Å². The number of amides is 1. The summed E-state index contributed by atoms with van der Waals surface area (Å²) in [5.41, 5.74) is 1.28. The van der Waals surface area contributed by atoms with E-state index in [0.717, 1.165) is 56.8 Å². The number of ether oxygens (including phenoxy) is 2. The van der Waals surface area contributed by atoms with Gasteiger partial charge >= 0.3 is 12.1 Å². The monoisotopic (exact) mass is 484 g/mol. The first kappa shape index (κ1) is 25.5. The van der Waals surface area contributed by atoms with Crippen molar-refractivity contribution in [1.29, 1.82) is 0 Å². The van der Waals surface area contributed by atoms with E-state index in [0.29, 0.717) is 5.69 Å². The summed E-state index contributed by atoms with van der Waals surface area (Å²) < 4.78 is 43.4. The van der Waals surface area contributed by atoms with Crippen molar-refractivity contribution in [1.82, 2.24) is 20.2 Å². The molecule has 12 heteroatoms. The van der Waals surface area contributed by atoms with Gasteiger partial charge in [-0.2, -0.15) is 13.2 Å². The van der Waals surface area contributed by atoms with Crippen LogP contribution in [0.2, 0.25) is 0 Å². The van der Waals surface area contributed by atoms with Crippen LogP contribution in [0.5, 0.6) is 5.75 Å². The van der Waals surface area contributed by atoms with Crippen LogP contribution in [0.1, 0.15) is 41.4 Å². The lowest BCUT2D eigenvalue weighted by molar-refractivity contribution is -0.192. The number of imidazole rings is 1. The predicted molar refractivity (Wildman–Crippen MR) is 114 cm³/mol. The molecule has 34 heavy (non-hydrogen) atoms. The van der Waals surface area contributed by atoms with Crippen molar-refractivity contribution in [3.8, 4) is 5.75 Å². The number of nitrogens with zero attached hydrogens (tertiary/aromatic N) is 2. The van der Waals surface area contributed by atoms with E-state index in [-0.39, 0.29) is 17.6 Å². The zero-order valence-electron chi connectivity index (χ0n) is 18.6. The summed E-state index contributed by atoms with van der Waals surface area (Å²) in [5.74, 6) is -2.02. The number of carbonyl (C=O) groups excluding carboxylic acids is 1. The molecule has 0 radical (unpaired) electrons. The highest BCUT2D eigenvalue weighted by molar-refractivity contribution is 5.92. The maximum atomic E-state index is 12.6. The van der Waals surface area contributed by atoms with E-state index in [4.69, 9.17) is 19.4 Å². The standard InChI is InChI=1S/C20H26N4O3.C2HF3O2/c1-26-11-10-24-8-6-20(7-9-24)12-16(15-4-2-3-5-18(15)27-20)23-19(25)17-13-21-14-22-17;3-2(4,5)1(6)7/h2-5,13-14,16H,6-12H2,1H3,(H,21,22)(H,23,25);(H,6,7). The molecule has 1 fully saturated rings. The molecule has 186 valence electrons. The fourth-order valence-electron chi connectivity index (χ4n) is 4.07. The minimum absolute atomic E-state index is 0.0729. The number of likely N-dealkylation sites (tertiary alicyclic amines) is 1. The normalized spacial score (nSPS) is 19.4. The lowest BCUT2D eigenvalue weighted by Gasteiger charge is -2.47. The second-order valence-corrected chi connectivity index (χ2v) is 8.16. The molecular weight excluding hydrogens is 457 g/mol. The minimum Gasteiger partial charge on any atom is -0.487 e. The predicted octanol–water partition coefficient (Wildman–Crippen LogP) is 2.78. The van der Waals surface area contributed by atoms with Gasteiger partial charge in [0, 0.05) is 38.7 Å². The second kappa shape index (κ2) is 10.9. The molecule has 1 saturated heterocycles. The number of carboxylic acid groups (broad SMARTS) is 1. The van der Waals surface area contributed by atoms with Crippen LogP contribution in [0.3, 0.4) is 0 Å². The van der Waals surface area contributed by atoms with Crippen molar-refractivity contribution in [2.75, 3.05) is 33.4 Å². The summed E-state index contributed by atoms with van der Waals surface area (Å²) in [6.45, 7) is 3.65. The number of aliphatic carboxylic acids is 1. The number of carbonyl (C=O) groups is 2. The summed E-state index contributed by atoms with van der Waals surface area (Å²) in [5, 5.41) is 10.3. The van der Waals surface area contributed by atoms with E-state index in [2.05, 4.69) is 20.2 Å². The van der Waals surface area contributed by atoms with Crippen molar-refractivity contribution in [2.45, 2.75) is 37.1 Å². The quantitative estimate of drug-likeness (QED) is 0.598. The number of alkyl halides is 3. The summed E-state index contributed by atoms with van der Waals surface area (Å²) in [6.07, 6.45) is 0.652. The number of fused-ring (bicyclic) bond motifs is 1. The minimum atomic E-state index is -5.08. The Labute approximate surface area is 194 Å². The molecule has 0 bridgehead atoms.